The second-order valence-corrected chi connectivity index (χ2v) is 16.8. The van der Waals surface area contributed by atoms with Gasteiger partial charge < -0.3 is 24.0 Å². The number of allylic oxidation sites excluding steroid dienone is 4. The lowest BCUT2D eigenvalue weighted by Crippen LogP contribution is -2.45. The van der Waals surface area contributed by atoms with Gasteiger partial charge in [0.05, 0.1) is 23.4 Å². The zero-order valence-corrected chi connectivity index (χ0v) is 35.0. The molecular formula is C44H54Cl2N8O4. The molecule has 12 nitrogen and oxygen atoms in total. The van der Waals surface area contributed by atoms with E-state index in [4.69, 9.17) is 37.4 Å². The second kappa shape index (κ2) is 18.3. The van der Waals surface area contributed by atoms with Crippen LogP contribution in [0.4, 0.5) is 5.69 Å². The number of benzene rings is 2. The van der Waals surface area contributed by atoms with Crippen molar-refractivity contribution in [2.75, 3.05) is 44.3 Å². The molecule has 4 atom stereocenters. The molecule has 4 aliphatic rings. The highest BCUT2D eigenvalue weighted by molar-refractivity contribution is 6.35. The van der Waals surface area contributed by atoms with Gasteiger partial charge in [0.1, 0.15) is 44.0 Å². The van der Waals surface area contributed by atoms with E-state index < -0.39 is 5.79 Å². The van der Waals surface area contributed by atoms with Crippen LogP contribution in [0.15, 0.2) is 101 Å². The number of hydrogen-bond donors (Lipinski definition) is 0. The van der Waals surface area contributed by atoms with E-state index >= 15 is 0 Å². The summed E-state index contributed by atoms with van der Waals surface area (Å²) in [5.41, 5.74) is 5.21. The first-order valence-corrected chi connectivity index (χ1v) is 21.6. The van der Waals surface area contributed by atoms with E-state index in [1.54, 1.807) is 38.7 Å². The zero-order valence-electron chi connectivity index (χ0n) is 33.5. The molecule has 1 saturated carbocycles. The van der Waals surface area contributed by atoms with Crippen molar-refractivity contribution in [2.24, 2.45) is 5.92 Å². The molecule has 2 aromatic heterocycles. The van der Waals surface area contributed by atoms with Gasteiger partial charge in [-0.1, -0.05) is 68.0 Å². The van der Waals surface area contributed by atoms with E-state index in [0.717, 1.165) is 62.6 Å². The maximum Gasteiger partial charge on any atom is 0.350 e. The van der Waals surface area contributed by atoms with E-state index in [1.165, 1.54) is 56.1 Å². The molecule has 58 heavy (non-hydrogen) atoms. The molecule has 0 amide bonds. The number of halogens is 2. The first-order chi connectivity index (χ1) is 28.3. The third-order valence-electron chi connectivity index (χ3n) is 12.0. The third kappa shape index (κ3) is 9.10. The average Bonchev–Trinajstić information content (AvgIpc) is 4.00. The normalized spacial score (nSPS) is 26.4. The number of aromatic nitrogens is 6. The number of piperazine rings is 1. The van der Waals surface area contributed by atoms with Crippen LogP contribution in [0.25, 0.3) is 5.69 Å². The van der Waals surface area contributed by atoms with Crippen LogP contribution in [0.1, 0.15) is 83.2 Å². The lowest BCUT2D eigenvalue weighted by Gasteiger charge is -2.38. The summed E-state index contributed by atoms with van der Waals surface area (Å²) in [5, 5.41) is 9.67. The Hall–Kier alpha value is -4.36. The minimum absolute atomic E-state index is 0.0620. The molecule has 8 rings (SSSR count). The molecule has 14 heteroatoms. The van der Waals surface area contributed by atoms with Gasteiger partial charge in [-0.3, -0.25) is 0 Å². The van der Waals surface area contributed by atoms with Gasteiger partial charge >= 0.3 is 5.69 Å². The summed E-state index contributed by atoms with van der Waals surface area (Å²) in [6.07, 6.45) is 21.7. The van der Waals surface area contributed by atoms with Gasteiger partial charge in [0.25, 0.3) is 0 Å². The monoisotopic (exact) mass is 828 g/mol. The minimum atomic E-state index is -1.17. The molecule has 308 valence electrons. The van der Waals surface area contributed by atoms with Crippen LogP contribution in [0, 0.1) is 5.92 Å². The number of hydrogen-bond acceptors (Lipinski definition) is 9. The molecule has 0 N–H and O–H groups in total. The molecule has 1 unspecified atom stereocenters. The van der Waals surface area contributed by atoms with Crippen molar-refractivity contribution in [3.63, 3.8) is 0 Å². The molecule has 0 radical (unpaired) electrons. The molecule has 2 saturated heterocycles. The largest absolute Gasteiger partial charge is 0.491 e. The van der Waals surface area contributed by atoms with Crippen LogP contribution >= 0.6 is 23.2 Å². The maximum absolute atomic E-state index is 13.0. The summed E-state index contributed by atoms with van der Waals surface area (Å²) in [6, 6.07) is 13.7. The molecule has 2 aliphatic heterocycles. The zero-order chi connectivity index (χ0) is 40.1. The molecule has 3 fully saturated rings. The van der Waals surface area contributed by atoms with Crippen molar-refractivity contribution in [3.8, 4) is 5.69 Å². The number of anilines is 1. The van der Waals surface area contributed by atoms with Crippen LogP contribution in [0.2, 0.25) is 10.0 Å². The van der Waals surface area contributed by atoms with Gasteiger partial charge in [0, 0.05) is 48.1 Å². The van der Waals surface area contributed by atoms with Crippen LogP contribution in [-0.2, 0) is 26.5 Å². The molecule has 4 heterocycles. The standard InChI is InChI=1S/C44H54Cl2N8O4/c1-3-32(2)54-43(55)53(31-49-54)37-14-12-36(13-15-37)50-19-21-51(22-20-50)38-16-18-42(34-10-8-6-4-5-7-9-33(23-34)24-38)56-26-39-27-57-44(58-39,28-52-30-47-29-48-52)40-17-11-35(45)25-41(40)46/h11-18,24-25,29-33,39H,3-10,19-23,26-28H2,1-2H3/b18-16-,38-24-,42-34-/t32?,33-,39+,44+/m0/s1. The Bertz CT molecular complexity index is 2160. The smallest absolute Gasteiger partial charge is 0.350 e. The SMILES string of the molecule is CCC(C)n1ncn(-c2ccc(N3CCN(C4=C\[C@H]5CCCCCCC\C(=C(OC[C@@H]6CO[C@@](Cn7cncn7)(c7ccc(Cl)cc7Cl)O6)/C=C\4)C5)CC3)cc2)c1=O. The molecule has 0 spiro atoms. The molecule has 2 bridgehead atoms. The number of fused-ring (bicyclic) bond motifs is 2. The Morgan fingerprint density at radius 2 is 1.71 bits per heavy atom. The van der Waals surface area contributed by atoms with Crippen LogP contribution < -0.4 is 10.6 Å². The van der Waals surface area contributed by atoms with Gasteiger partial charge in [0.2, 0.25) is 5.79 Å². The van der Waals surface area contributed by atoms with Gasteiger partial charge in [0.15, 0.2) is 0 Å². The fraction of sp³-hybridized carbons (Fsp3) is 0.500. The van der Waals surface area contributed by atoms with Crippen LogP contribution in [-0.4, -0.2) is 79.5 Å². The molecule has 2 aromatic carbocycles. The van der Waals surface area contributed by atoms with E-state index in [9.17, 15) is 4.79 Å². The minimum Gasteiger partial charge on any atom is -0.491 e. The fourth-order valence-corrected chi connectivity index (χ4v) is 9.13. The van der Waals surface area contributed by atoms with Gasteiger partial charge in [-0.2, -0.15) is 10.2 Å². The van der Waals surface area contributed by atoms with Crippen LogP contribution in [0.5, 0.6) is 0 Å². The Morgan fingerprint density at radius 1 is 0.931 bits per heavy atom. The van der Waals surface area contributed by atoms with E-state index in [-0.39, 0.29) is 24.4 Å². The summed E-state index contributed by atoms with van der Waals surface area (Å²) >= 11 is 13.0. The first-order valence-electron chi connectivity index (χ1n) is 20.9. The van der Waals surface area contributed by atoms with Crippen molar-refractivity contribution < 1.29 is 14.2 Å². The summed E-state index contributed by atoms with van der Waals surface area (Å²) < 4.78 is 24.8. The number of rotatable bonds is 11. The highest BCUT2D eigenvalue weighted by Gasteiger charge is 2.46. The van der Waals surface area contributed by atoms with Crippen molar-refractivity contribution >= 4 is 28.9 Å². The molecular weight excluding hydrogens is 775 g/mol. The molecule has 4 aromatic rings. The Kier molecular flexibility index (Phi) is 12.7. The summed E-state index contributed by atoms with van der Waals surface area (Å²) in [4.78, 5) is 22.1. The Balaban J connectivity index is 0.956. The fourth-order valence-electron chi connectivity index (χ4n) is 8.58. The van der Waals surface area contributed by atoms with E-state index in [0.29, 0.717) is 34.7 Å². The lowest BCUT2D eigenvalue weighted by molar-refractivity contribution is -0.191. The predicted molar refractivity (Wildman–Crippen MR) is 226 cm³/mol. The first kappa shape index (κ1) is 40.4. The van der Waals surface area contributed by atoms with Gasteiger partial charge in [-0.15, -0.1) is 0 Å². The maximum atomic E-state index is 13.0. The van der Waals surface area contributed by atoms with Gasteiger partial charge in [-0.05, 0) is 99.1 Å². The summed E-state index contributed by atoms with van der Waals surface area (Å²) in [6.45, 7) is 8.65. The van der Waals surface area contributed by atoms with Crippen LogP contribution in [0.3, 0.4) is 0 Å². The summed E-state index contributed by atoms with van der Waals surface area (Å²) in [7, 11) is 0. The topological polar surface area (TPSA) is 105 Å². The number of nitrogens with zero attached hydrogens (tertiary/aromatic N) is 8. The van der Waals surface area contributed by atoms with Crippen molar-refractivity contribution in [3.05, 3.63) is 123 Å². The van der Waals surface area contributed by atoms with Crippen molar-refractivity contribution in [2.45, 2.75) is 96.1 Å². The third-order valence-corrected chi connectivity index (χ3v) is 12.6. The Morgan fingerprint density at radius 3 is 2.48 bits per heavy atom. The second-order valence-electron chi connectivity index (χ2n) is 16.0. The quantitative estimate of drug-likeness (QED) is 0.147. The van der Waals surface area contributed by atoms with E-state index in [1.807, 2.05) is 25.1 Å². The van der Waals surface area contributed by atoms with Crippen molar-refractivity contribution in [1.82, 2.24) is 34.0 Å². The Labute approximate surface area is 350 Å². The number of ether oxygens (including phenoxy) is 3. The summed E-state index contributed by atoms with van der Waals surface area (Å²) in [5.74, 6) is 0.223. The van der Waals surface area contributed by atoms with E-state index in [2.05, 4.69) is 62.3 Å². The van der Waals surface area contributed by atoms with Gasteiger partial charge in [-0.25, -0.2) is 23.7 Å². The highest BCUT2D eigenvalue weighted by atomic mass is 35.5. The predicted octanol–water partition coefficient (Wildman–Crippen LogP) is 8.47. The van der Waals surface area contributed by atoms with Crippen molar-refractivity contribution in [1.29, 1.82) is 0 Å². The molecule has 2 aliphatic carbocycles. The lowest BCUT2D eigenvalue weighted by atomic mass is 9.86. The average molecular weight is 830 g/mol. The highest BCUT2D eigenvalue weighted by Crippen LogP contribution is 2.41.